The molecule has 15 heavy (non-hydrogen) atoms. The van der Waals surface area contributed by atoms with Crippen molar-refractivity contribution in [1.82, 2.24) is 4.98 Å². The summed E-state index contributed by atoms with van der Waals surface area (Å²) in [6.07, 6.45) is 1.36. The lowest BCUT2D eigenvalue weighted by Crippen LogP contribution is -2.29. The molecule has 1 aromatic rings. The molecule has 2 unspecified atom stereocenters. The molecule has 0 aliphatic heterocycles. The van der Waals surface area contributed by atoms with Crippen LogP contribution in [0.2, 0.25) is 0 Å². The summed E-state index contributed by atoms with van der Waals surface area (Å²) in [6.45, 7) is 4.23. The van der Waals surface area contributed by atoms with Crippen molar-refractivity contribution in [3.05, 3.63) is 23.9 Å². The van der Waals surface area contributed by atoms with Crippen molar-refractivity contribution in [2.45, 2.75) is 26.0 Å². The highest BCUT2D eigenvalue weighted by Crippen LogP contribution is 2.21. The summed E-state index contributed by atoms with van der Waals surface area (Å²) in [5, 5.41) is 9.31. The highest BCUT2D eigenvalue weighted by Gasteiger charge is 2.12. The SMILES string of the molecule is CC(O)CN(C)c1ncccc1C(C)N. The van der Waals surface area contributed by atoms with Crippen LogP contribution in [0, 0.1) is 0 Å². The number of hydrogen-bond donors (Lipinski definition) is 2. The van der Waals surface area contributed by atoms with Gasteiger partial charge >= 0.3 is 0 Å². The molecule has 4 heteroatoms. The van der Waals surface area contributed by atoms with Crippen LogP contribution in [0.15, 0.2) is 18.3 Å². The van der Waals surface area contributed by atoms with Crippen LogP contribution in [0.5, 0.6) is 0 Å². The van der Waals surface area contributed by atoms with E-state index in [2.05, 4.69) is 4.98 Å². The van der Waals surface area contributed by atoms with Crippen LogP contribution >= 0.6 is 0 Å². The summed E-state index contributed by atoms with van der Waals surface area (Å²) in [4.78, 5) is 6.21. The number of rotatable bonds is 4. The molecule has 0 aliphatic rings. The van der Waals surface area contributed by atoms with Gasteiger partial charge in [0.15, 0.2) is 0 Å². The third-order valence-electron chi connectivity index (χ3n) is 2.21. The molecule has 0 amide bonds. The zero-order valence-corrected chi connectivity index (χ0v) is 9.51. The second-order valence-corrected chi connectivity index (χ2v) is 3.93. The first-order valence-electron chi connectivity index (χ1n) is 5.12. The number of nitrogens with zero attached hydrogens (tertiary/aromatic N) is 2. The normalized spacial score (nSPS) is 14.7. The smallest absolute Gasteiger partial charge is 0.133 e. The van der Waals surface area contributed by atoms with E-state index >= 15 is 0 Å². The Kier molecular flexibility index (Phi) is 4.05. The molecule has 0 radical (unpaired) electrons. The van der Waals surface area contributed by atoms with Gasteiger partial charge in [-0.25, -0.2) is 4.98 Å². The molecular weight excluding hydrogens is 190 g/mol. The maximum absolute atomic E-state index is 9.31. The van der Waals surface area contributed by atoms with Gasteiger partial charge < -0.3 is 15.7 Å². The number of pyridine rings is 1. The van der Waals surface area contributed by atoms with E-state index in [9.17, 15) is 5.11 Å². The van der Waals surface area contributed by atoms with Crippen molar-refractivity contribution in [2.75, 3.05) is 18.5 Å². The molecule has 84 valence electrons. The van der Waals surface area contributed by atoms with Crippen molar-refractivity contribution >= 4 is 5.82 Å². The number of aromatic nitrogens is 1. The maximum atomic E-state index is 9.31. The van der Waals surface area contributed by atoms with E-state index in [0.717, 1.165) is 11.4 Å². The van der Waals surface area contributed by atoms with Crippen molar-refractivity contribution in [1.29, 1.82) is 0 Å². The summed E-state index contributed by atoms with van der Waals surface area (Å²) < 4.78 is 0. The number of aliphatic hydroxyl groups is 1. The van der Waals surface area contributed by atoms with Gasteiger partial charge in [0.05, 0.1) is 6.10 Å². The Hall–Kier alpha value is -1.13. The molecule has 1 aromatic heterocycles. The molecule has 0 saturated heterocycles. The molecule has 0 aromatic carbocycles. The number of anilines is 1. The first-order valence-corrected chi connectivity index (χ1v) is 5.12. The monoisotopic (exact) mass is 209 g/mol. The third kappa shape index (κ3) is 3.18. The molecule has 3 N–H and O–H groups in total. The number of aliphatic hydroxyl groups excluding tert-OH is 1. The minimum Gasteiger partial charge on any atom is -0.392 e. The molecule has 4 nitrogen and oxygen atoms in total. The van der Waals surface area contributed by atoms with Gasteiger partial charge in [0.2, 0.25) is 0 Å². The minimum absolute atomic E-state index is 0.0508. The Bertz CT molecular complexity index is 312. The largest absolute Gasteiger partial charge is 0.392 e. The molecular formula is C11H19N3O. The van der Waals surface area contributed by atoms with E-state index in [1.54, 1.807) is 13.1 Å². The van der Waals surface area contributed by atoms with Crippen molar-refractivity contribution < 1.29 is 5.11 Å². The summed E-state index contributed by atoms with van der Waals surface area (Å²) in [7, 11) is 1.90. The first-order chi connectivity index (χ1) is 7.02. The molecule has 0 bridgehead atoms. The number of nitrogens with two attached hydrogens (primary N) is 1. The molecule has 1 rings (SSSR count). The van der Waals surface area contributed by atoms with E-state index in [1.807, 2.05) is 31.0 Å². The summed E-state index contributed by atoms with van der Waals surface area (Å²) >= 11 is 0. The molecule has 2 atom stereocenters. The Morgan fingerprint density at radius 3 is 2.73 bits per heavy atom. The average Bonchev–Trinajstić information content (AvgIpc) is 2.16. The zero-order valence-electron chi connectivity index (χ0n) is 9.51. The lowest BCUT2D eigenvalue weighted by molar-refractivity contribution is 0.201. The number of hydrogen-bond acceptors (Lipinski definition) is 4. The number of likely N-dealkylation sites (N-methyl/N-ethyl adjacent to an activating group) is 1. The Morgan fingerprint density at radius 1 is 1.53 bits per heavy atom. The maximum Gasteiger partial charge on any atom is 0.133 e. The molecule has 0 fully saturated rings. The highest BCUT2D eigenvalue weighted by molar-refractivity contribution is 5.47. The topological polar surface area (TPSA) is 62.4 Å². The minimum atomic E-state index is -0.377. The van der Waals surface area contributed by atoms with E-state index in [-0.39, 0.29) is 12.1 Å². The molecule has 0 aliphatic carbocycles. The van der Waals surface area contributed by atoms with Crippen LogP contribution in [0.3, 0.4) is 0 Å². The summed E-state index contributed by atoms with van der Waals surface area (Å²) in [6, 6.07) is 3.79. The fourth-order valence-corrected chi connectivity index (χ4v) is 1.57. The fraction of sp³-hybridized carbons (Fsp3) is 0.545. The Balaban J connectivity index is 2.92. The van der Waals surface area contributed by atoms with Gasteiger partial charge in [0.25, 0.3) is 0 Å². The predicted octanol–water partition coefficient (Wildman–Crippen LogP) is 0.918. The van der Waals surface area contributed by atoms with E-state index < -0.39 is 0 Å². The van der Waals surface area contributed by atoms with Crippen LogP contribution in [0.4, 0.5) is 5.82 Å². The lowest BCUT2D eigenvalue weighted by atomic mass is 10.1. The summed E-state index contributed by atoms with van der Waals surface area (Å²) in [5.74, 6) is 0.841. The zero-order chi connectivity index (χ0) is 11.4. The van der Waals surface area contributed by atoms with Crippen molar-refractivity contribution in [3.63, 3.8) is 0 Å². The van der Waals surface area contributed by atoms with Gasteiger partial charge in [-0.3, -0.25) is 0 Å². The van der Waals surface area contributed by atoms with E-state index in [4.69, 9.17) is 5.73 Å². The predicted molar refractivity (Wildman–Crippen MR) is 61.8 cm³/mol. The van der Waals surface area contributed by atoms with Crippen molar-refractivity contribution in [2.24, 2.45) is 5.73 Å². The third-order valence-corrected chi connectivity index (χ3v) is 2.21. The quantitative estimate of drug-likeness (QED) is 0.774. The van der Waals surface area contributed by atoms with Gasteiger partial charge in [-0.15, -0.1) is 0 Å². The van der Waals surface area contributed by atoms with Gasteiger partial charge in [-0.05, 0) is 19.9 Å². The standard InChI is InChI=1S/C11H19N3O/c1-8(15)7-14(3)11-10(9(2)12)5-4-6-13-11/h4-6,8-9,15H,7,12H2,1-3H3. The molecule has 1 heterocycles. The average molecular weight is 209 g/mol. The van der Waals surface area contributed by atoms with Gasteiger partial charge in [-0.2, -0.15) is 0 Å². The van der Waals surface area contributed by atoms with Crippen LogP contribution < -0.4 is 10.6 Å². The van der Waals surface area contributed by atoms with Crippen LogP contribution in [0.25, 0.3) is 0 Å². The highest BCUT2D eigenvalue weighted by atomic mass is 16.3. The second-order valence-electron chi connectivity index (χ2n) is 3.93. The second kappa shape index (κ2) is 5.09. The Labute approximate surface area is 90.7 Å². The van der Waals surface area contributed by atoms with Crippen LogP contribution in [-0.2, 0) is 0 Å². The Morgan fingerprint density at radius 2 is 2.20 bits per heavy atom. The van der Waals surface area contributed by atoms with Gasteiger partial charge in [0.1, 0.15) is 5.82 Å². The van der Waals surface area contributed by atoms with Crippen molar-refractivity contribution in [3.8, 4) is 0 Å². The molecule has 0 spiro atoms. The van der Waals surface area contributed by atoms with Gasteiger partial charge in [-0.1, -0.05) is 6.07 Å². The molecule has 0 saturated carbocycles. The van der Waals surface area contributed by atoms with Crippen LogP contribution in [0.1, 0.15) is 25.5 Å². The first kappa shape index (κ1) is 11.9. The van der Waals surface area contributed by atoms with Crippen LogP contribution in [-0.4, -0.2) is 29.8 Å². The van der Waals surface area contributed by atoms with Gasteiger partial charge in [0, 0.05) is 31.4 Å². The fourth-order valence-electron chi connectivity index (χ4n) is 1.57. The van der Waals surface area contributed by atoms with E-state index in [1.165, 1.54) is 0 Å². The lowest BCUT2D eigenvalue weighted by Gasteiger charge is -2.23. The van der Waals surface area contributed by atoms with E-state index in [0.29, 0.717) is 6.54 Å². The summed E-state index contributed by atoms with van der Waals surface area (Å²) in [5.41, 5.74) is 6.85.